The molecule has 0 bridgehead atoms. The molecule has 9 heteroatoms. The molecule has 0 rings (SSSR count). The molecule has 0 saturated carbocycles. The quantitative estimate of drug-likeness (QED) is 0.364. The molecule has 0 aliphatic rings. The minimum absolute atomic E-state index is 0.308. The van der Waals surface area contributed by atoms with E-state index in [1.807, 2.05) is 0 Å². The van der Waals surface area contributed by atoms with Gasteiger partial charge in [0.1, 0.15) is 18.0 Å². The van der Waals surface area contributed by atoms with Crippen molar-refractivity contribution in [1.82, 2.24) is 16.2 Å². The molecular formula is C8H17N3O5S. The van der Waals surface area contributed by atoms with Gasteiger partial charge >= 0.3 is 6.09 Å². The molecule has 0 aromatic heterocycles. The molecular weight excluding hydrogens is 250 g/mol. The first-order chi connectivity index (χ1) is 7.70. The molecule has 0 heterocycles. The summed E-state index contributed by atoms with van der Waals surface area (Å²) in [6.07, 6.45) is -0.720. The predicted octanol–water partition coefficient (Wildman–Crippen LogP) is -1.30. The predicted molar refractivity (Wildman–Crippen MR) is 60.7 cm³/mol. The topological polar surface area (TPSA) is 114 Å². The van der Waals surface area contributed by atoms with E-state index in [2.05, 4.69) is 16.2 Å². The Morgan fingerprint density at radius 2 is 1.82 bits per heavy atom. The Labute approximate surface area is 101 Å². The summed E-state index contributed by atoms with van der Waals surface area (Å²) in [4.78, 5) is 22.2. The third-order valence-corrected chi connectivity index (χ3v) is 1.64. The van der Waals surface area contributed by atoms with Crippen molar-refractivity contribution < 1.29 is 22.7 Å². The van der Waals surface area contributed by atoms with E-state index in [4.69, 9.17) is 4.74 Å². The van der Waals surface area contributed by atoms with E-state index in [-0.39, 0.29) is 12.4 Å². The van der Waals surface area contributed by atoms with Crippen molar-refractivity contribution in [2.45, 2.75) is 26.4 Å². The Bertz CT molecular complexity index is 340. The van der Waals surface area contributed by atoms with Crippen LogP contribution in [0.4, 0.5) is 4.79 Å². The van der Waals surface area contributed by atoms with Gasteiger partial charge in [0, 0.05) is 0 Å². The second-order valence-corrected chi connectivity index (χ2v) is 5.05. The monoisotopic (exact) mass is 267 g/mol. The number of amides is 2. The molecule has 0 atom stereocenters. The van der Waals surface area contributed by atoms with Gasteiger partial charge in [-0.2, -0.15) is 0 Å². The van der Waals surface area contributed by atoms with E-state index in [1.165, 1.54) is 0 Å². The molecule has 17 heavy (non-hydrogen) atoms. The van der Waals surface area contributed by atoms with E-state index in [0.717, 1.165) is 0 Å². The smallest absolute Gasteiger partial charge is 0.408 e. The van der Waals surface area contributed by atoms with Crippen molar-refractivity contribution in [3.63, 3.8) is 0 Å². The largest absolute Gasteiger partial charge is 0.444 e. The van der Waals surface area contributed by atoms with Gasteiger partial charge in [0.05, 0.1) is 0 Å². The Balaban J connectivity index is 3.73. The average molecular weight is 267 g/mol. The van der Waals surface area contributed by atoms with Gasteiger partial charge < -0.3 is 10.1 Å². The molecule has 0 aliphatic heterocycles. The van der Waals surface area contributed by atoms with Crippen LogP contribution < -0.4 is 16.2 Å². The van der Waals surface area contributed by atoms with Gasteiger partial charge in [-0.3, -0.25) is 10.2 Å². The zero-order valence-corrected chi connectivity index (χ0v) is 10.8. The molecule has 0 spiro atoms. The second kappa shape index (κ2) is 7.07. The van der Waals surface area contributed by atoms with Crippen LogP contribution in [-0.2, 0) is 20.2 Å². The lowest BCUT2D eigenvalue weighted by atomic mass is 10.2. The minimum atomic E-state index is -2.61. The highest BCUT2D eigenvalue weighted by molar-refractivity contribution is 7.72. The van der Waals surface area contributed by atoms with Crippen LogP contribution in [0.3, 0.4) is 0 Å². The van der Waals surface area contributed by atoms with E-state index >= 15 is 0 Å². The maximum absolute atomic E-state index is 11.1. The lowest BCUT2D eigenvalue weighted by molar-refractivity contribution is -0.121. The first kappa shape index (κ1) is 15.7. The van der Waals surface area contributed by atoms with Gasteiger partial charge in [-0.1, -0.05) is 0 Å². The summed E-state index contributed by atoms with van der Waals surface area (Å²) in [5.41, 5.74) is 3.62. The van der Waals surface area contributed by atoms with Gasteiger partial charge in [-0.15, -0.1) is 0 Å². The molecule has 0 aromatic rings. The number of hydrazine groups is 1. The van der Waals surface area contributed by atoms with Crippen molar-refractivity contribution in [3.8, 4) is 0 Å². The van der Waals surface area contributed by atoms with Crippen LogP contribution in [-0.4, -0.2) is 38.4 Å². The van der Waals surface area contributed by atoms with Gasteiger partial charge in [-0.25, -0.2) is 18.6 Å². The van der Waals surface area contributed by atoms with Crippen molar-refractivity contribution in [2.75, 3.05) is 12.4 Å². The van der Waals surface area contributed by atoms with Crippen LogP contribution in [0.5, 0.6) is 0 Å². The number of ether oxygens (including phenoxy) is 1. The molecule has 0 fully saturated rings. The highest BCUT2D eigenvalue weighted by Crippen LogP contribution is 2.05. The van der Waals surface area contributed by atoms with E-state index < -0.39 is 28.3 Å². The van der Waals surface area contributed by atoms with Crippen molar-refractivity contribution in [2.24, 2.45) is 0 Å². The van der Waals surface area contributed by atoms with Gasteiger partial charge in [-0.05, 0) is 20.8 Å². The lowest BCUT2D eigenvalue weighted by Gasteiger charge is -2.19. The highest BCUT2D eigenvalue weighted by atomic mass is 32.2. The van der Waals surface area contributed by atoms with Crippen molar-refractivity contribution in [1.29, 1.82) is 0 Å². The van der Waals surface area contributed by atoms with E-state index in [9.17, 15) is 18.0 Å². The first-order valence-corrected chi connectivity index (χ1v) is 6.17. The van der Waals surface area contributed by atoms with Crippen molar-refractivity contribution in [3.05, 3.63) is 0 Å². The molecule has 0 radical (unpaired) electrons. The third kappa shape index (κ3) is 10.9. The van der Waals surface area contributed by atoms with Gasteiger partial charge in [0.15, 0.2) is 10.7 Å². The number of hydrogen-bond acceptors (Lipinski definition) is 6. The normalized spacial score (nSPS) is 11.1. The van der Waals surface area contributed by atoms with E-state index in [1.54, 1.807) is 20.8 Å². The standard InChI is InChI=1S/C8H17N3O5S/c1-8(2,3)16-7(13)9-4-6(12)11-10-5-17(14)15/h10,17H,4-5H2,1-3H3,(H,9,13)(H,11,12). The highest BCUT2D eigenvalue weighted by Gasteiger charge is 2.16. The molecule has 100 valence electrons. The maximum atomic E-state index is 11.1. The number of carbonyl (C=O) groups is 2. The minimum Gasteiger partial charge on any atom is -0.444 e. The molecule has 8 nitrogen and oxygen atoms in total. The zero-order chi connectivity index (χ0) is 13.5. The van der Waals surface area contributed by atoms with Crippen LogP contribution in [0.2, 0.25) is 0 Å². The van der Waals surface area contributed by atoms with Crippen LogP contribution in [0.25, 0.3) is 0 Å². The fraction of sp³-hybridized carbons (Fsp3) is 0.750. The second-order valence-electron chi connectivity index (χ2n) is 4.07. The summed E-state index contributed by atoms with van der Waals surface area (Å²) in [7, 11) is -2.61. The number of rotatable bonds is 5. The zero-order valence-electron chi connectivity index (χ0n) is 9.90. The summed E-state index contributed by atoms with van der Waals surface area (Å²) in [6.45, 7) is 4.77. The number of thiol groups is 1. The molecule has 3 N–H and O–H groups in total. The SMILES string of the molecule is CC(C)(C)OC(=O)NCC(=O)NNC[SH](=O)=O. The van der Waals surface area contributed by atoms with Gasteiger partial charge in [0.25, 0.3) is 5.91 Å². The van der Waals surface area contributed by atoms with Crippen LogP contribution in [0.1, 0.15) is 20.8 Å². The number of hydrogen-bond donors (Lipinski definition) is 4. The Kier molecular flexibility index (Phi) is 6.51. The maximum Gasteiger partial charge on any atom is 0.408 e. The molecule has 0 aromatic carbocycles. The van der Waals surface area contributed by atoms with Crippen LogP contribution in [0, 0.1) is 0 Å². The Morgan fingerprint density at radius 1 is 1.24 bits per heavy atom. The fourth-order valence-corrected chi connectivity index (χ4v) is 0.922. The van der Waals surface area contributed by atoms with Crippen LogP contribution in [0.15, 0.2) is 0 Å². The Hall–Kier alpha value is -1.35. The van der Waals surface area contributed by atoms with Crippen molar-refractivity contribution >= 4 is 22.7 Å². The summed E-state index contributed by atoms with van der Waals surface area (Å²) in [5.74, 6) is -0.944. The van der Waals surface area contributed by atoms with E-state index in [0.29, 0.717) is 0 Å². The fourth-order valence-electron chi connectivity index (χ4n) is 0.713. The lowest BCUT2D eigenvalue weighted by Crippen LogP contribution is -2.45. The number of alkyl carbamates (subject to hydrolysis) is 1. The summed E-state index contributed by atoms with van der Waals surface area (Å²) in [5, 5.41) is 2.21. The number of carbonyl (C=O) groups excluding carboxylic acids is 2. The third-order valence-electron chi connectivity index (χ3n) is 1.23. The number of nitrogens with one attached hydrogen (secondary N) is 3. The Morgan fingerprint density at radius 3 is 2.29 bits per heavy atom. The molecule has 0 aliphatic carbocycles. The van der Waals surface area contributed by atoms with Crippen LogP contribution >= 0.6 is 0 Å². The first-order valence-electron chi connectivity index (χ1n) is 4.81. The molecule has 0 saturated heterocycles. The van der Waals surface area contributed by atoms with Gasteiger partial charge in [0.2, 0.25) is 0 Å². The average Bonchev–Trinajstić information content (AvgIpc) is 2.11. The summed E-state index contributed by atoms with van der Waals surface area (Å²) < 4.78 is 25.2. The molecule has 0 unspecified atom stereocenters. The molecule has 2 amide bonds. The summed E-state index contributed by atoms with van der Waals surface area (Å²) in [6, 6.07) is 0. The summed E-state index contributed by atoms with van der Waals surface area (Å²) >= 11 is 0.